The molecule has 3 aromatic rings. The summed E-state index contributed by atoms with van der Waals surface area (Å²) in [6.45, 7) is 6.85. The summed E-state index contributed by atoms with van der Waals surface area (Å²) in [4.78, 5) is 30.3. The number of pyridine rings is 1. The third-order valence-corrected chi connectivity index (χ3v) is 6.60. The number of halogens is 3. The van der Waals surface area contributed by atoms with E-state index in [0.29, 0.717) is 18.5 Å². The van der Waals surface area contributed by atoms with Gasteiger partial charge in [0.15, 0.2) is 11.4 Å². The molecule has 0 unspecified atom stereocenters. The third-order valence-electron chi connectivity index (χ3n) is 6.39. The van der Waals surface area contributed by atoms with Crippen molar-refractivity contribution in [1.29, 1.82) is 0 Å². The second-order valence-electron chi connectivity index (χ2n) is 10.5. The summed E-state index contributed by atoms with van der Waals surface area (Å²) in [5, 5.41) is 6.13. The number of carbonyl (C=O) groups excluding carboxylic acids is 2. The van der Waals surface area contributed by atoms with E-state index in [1.165, 1.54) is 22.7 Å². The summed E-state index contributed by atoms with van der Waals surface area (Å²) in [6, 6.07) is 5.04. The van der Waals surface area contributed by atoms with Gasteiger partial charge in [-0.05, 0) is 52.7 Å². The maximum atomic E-state index is 14.1. The van der Waals surface area contributed by atoms with Crippen LogP contribution in [0, 0.1) is 18.6 Å². The van der Waals surface area contributed by atoms with Gasteiger partial charge in [-0.25, -0.2) is 18.6 Å². The van der Waals surface area contributed by atoms with Crippen LogP contribution < -0.4 is 15.4 Å². The lowest BCUT2D eigenvalue weighted by molar-refractivity contribution is 0.0452. The van der Waals surface area contributed by atoms with Gasteiger partial charge >= 0.3 is 6.09 Å². The fourth-order valence-electron chi connectivity index (χ4n) is 4.65. The predicted molar refractivity (Wildman–Crippen MR) is 139 cm³/mol. The van der Waals surface area contributed by atoms with Gasteiger partial charge in [0.2, 0.25) is 0 Å². The highest BCUT2D eigenvalue weighted by Crippen LogP contribution is 2.31. The Labute approximate surface area is 224 Å². The normalized spacial score (nSPS) is 14.9. The number of nitrogens with zero attached hydrogens (tertiary/aromatic N) is 2. The number of carbonyl (C=O) groups is 2. The number of fused-ring (bicyclic) bond motifs is 1. The minimum absolute atomic E-state index is 0.168. The fraction of sp³-hybridized carbons (Fsp3) is 0.444. The number of amides is 2. The first-order valence-electron chi connectivity index (χ1n) is 12.4. The van der Waals surface area contributed by atoms with Gasteiger partial charge in [0, 0.05) is 18.8 Å². The summed E-state index contributed by atoms with van der Waals surface area (Å²) in [5.41, 5.74) is -0.579. The first-order valence-corrected chi connectivity index (χ1v) is 12.8. The Balaban J connectivity index is 1.54. The molecule has 2 aromatic heterocycles. The zero-order valence-corrected chi connectivity index (χ0v) is 22.5. The van der Waals surface area contributed by atoms with Crippen molar-refractivity contribution in [2.24, 2.45) is 0 Å². The minimum Gasteiger partial charge on any atom is -0.485 e. The van der Waals surface area contributed by atoms with E-state index in [4.69, 9.17) is 21.1 Å². The summed E-state index contributed by atoms with van der Waals surface area (Å²) in [7, 11) is 0. The van der Waals surface area contributed by atoms with Crippen LogP contribution in [-0.4, -0.2) is 39.1 Å². The van der Waals surface area contributed by atoms with Crippen LogP contribution in [0.5, 0.6) is 5.75 Å². The van der Waals surface area contributed by atoms with Crippen LogP contribution >= 0.6 is 11.6 Å². The fourth-order valence-corrected chi connectivity index (χ4v) is 4.84. The smallest absolute Gasteiger partial charge is 0.408 e. The van der Waals surface area contributed by atoms with Gasteiger partial charge in [-0.1, -0.05) is 30.5 Å². The SMILES string of the molecule is Cc1nc2c(OCc3c(F)cccc3F)cc(Cl)cn2c1C(=O)NCC1(NC(=O)OC(C)(C)C)CCCC1. The van der Waals surface area contributed by atoms with Crippen LogP contribution in [-0.2, 0) is 11.3 Å². The zero-order chi connectivity index (χ0) is 27.7. The van der Waals surface area contributed by atoms with Crippen LogP contribution in [0.1, 0.15) is 68.2 Å². The standard InChI is InChI=1S/C27H31ClF2N4O4/c1-16-22(24(35)31-15-27(10-5-6-11-27)33-25(36)38-26(2,3)4)34-13-17(28)12-21(23(34)32-16)37-14-18-19(29)8-7-9-20(18)30/h7-9,12-13H,5-6,10-11,14-15H2,1-4H3,(H,31,35)(H,33,36). The minimum atomic E-state index is -0.733. The second-order valence-corrected chi connectivity index (χ2v) is 11.0. The Hall–Kier alpha value is -3.40. The van der Waals surface area contributed by atoms with Crippen molar-refractivity contribution in [3.8, 4) is 5.75 Å². The number of rotatable bonds is 7. The molecule has 2 N–H and O–H groups in total. The van der Waals surface area contributed by atoms with E-state index in [-0.39, 0.29) is 40.8 Å². The van der Waals surface area contributed by atoms with E-state index >= 15 is 0 Å². The quantitative estimate of drug-likeness (QED) is 0.394. The van der Waals surface area contributed by atoms with Gasteiger partial charge in [-0.15, -0.1) is 0 Å². The van der Waals surface area contributed by atoms with Crippen LogP contribution in [0.15, 0.2) is 30.5 Å². The molecule has 0 bridgehead atoms. The molecule has 0 saturated heterocycles. The average Bonchev–Trinajstić information content (AvgIpc) is 3.39. The van der Waals surface area contributed by atoms with Crippen molar-refractivity contribution >= 4 is 29.2 Å². The largest absolute Gasteiger partial charge is 0.485 e. The first-order chi connectivity index (χ1) is 17.9. The predicted octanol–water partition coefficient (Wildman–Crippen LogP) is 5.72. The molecule has 0 spiro atoms. The number of ether oxygens (including phenoxy) is 2. The van der Waals surface area contributed by atoms with Crippen molar-refractivity contribution < 1.29 is 27.8 Å². The van der Waals surface area contributed by atoms with E-state index in [2.05, 4.69) is 15.6 Å². The molecule has 1 saturated carbocycles. The van der Waals surface area contributed by atoms with Gasteiger partial charge < -0.3 is 20.1 Å². The monoisotopic (exact) mass is 548 g/mol. The van der Waals surface area contributed by atoms with Gasteiger partial charge in [0.25, 0.3) is 5.91 Å². The van der Waals surface area contributed by atoms with Gasteiger partial charge in [-0.3, -0.25) is 9.20 Å². The number of hydrogen-bond donors (Lipinski definition) is 2. The molecule has 1 fully saturated rings. The third kappa shape index (κ3) is 6.18. The molecular weight excluding hydrogens is 518 g/mol. The Morgan fingerprint density at radius 2 is 1.84 bits per heavy atom. The Morgan fingerprint density at radius 1 is 1.18 bits per heavy atom. The number of imidazole rings is 1. The molecule has 1 aromatic carbocycles. The lowest BCUT2D eigenvalue weighted by Crippen LogP contribution is -2.55. The van der Waals surface area contributed by atoms with Gasteiger partial charge in [0.05, 0.1) is 21.8 Å². The number of nitrogens with one attached hydrogen (secondary N) is 2. The first kappa shape index (κ1) is 27.6. The maximum absolute atomic E-state index is 14.1. The highest BCUT2D eigenvalue weighted by Gasteiger charge is 2.37. The lowest BCUT2D eigenvalue weighted by Gasteiger charge is -2.32. The summed E-state index contributed by atoms with van der Waals surface area (Å²) in [5.74, 6) is -1.71. The van der Waals surface area contributed by atoms with Crippen LogP contribution in [0.2, 0.25) is 5.02 Å². The molecule has 4 rings (SSSR count). The molecule has 1 aliphatic rings. The Morgan fingerprint density at radius 3 is 2.47 bits per heavy atom. The molecule has 1 aliphatic carbocycles. The van der Waals surface area contributed by atoms with Crippen LogP contribution in [0.4, 0.5) is 13.6 Å². The molecule has 38 heavy (non-hydrogen) atoms. The topological polar surface area (TPSA) is 94.0 Å². The molecule has 0 radical (unpaired) electrons. The maximum Gasteiger partial charge on any atom is 0.408 e. The highest BCUT2D eigenvalue weighted by atomic mass is 35.5. The van der Waals surface area contributed by atoms with E-state index in [9.17, 15) is 18.4 Å². The van der Waals surface area contributed by atoms with Crippen molar-refractivity contribution in [3.05, 3.63) is 64.1 Å². The number of aryl methyl sites for hydroxylation is 1. The number of benzene rings is 1. The van der Waals surface area contributed by atoms with Gasteiger partial charge in [-0.2, -0.15) is 0 Å². The summed E-state index contributed by atoms with van der Waals surface area (Å²) < 4.78 is 40.7. The van der Waals surface area contributed by atoms with Crippen molar-refractivity contribution in [3.63, 3.8) is 0 Å². The number of hydrogen-bond acceptors (Lipinski definition) is 5. The molecule has 0 atom stereocenters. The van der Waals surface area contributed by atoms with Crippen molar-refractivity contribution in [1.82, 2.24) is 20.0 Å². The molecule has 2 amide bonds. The molecular formula is C27H31ClF2N4O4. The Kier molecular flexibility index (Phi) is 7.83. The van der Waals surface area contributed by atoms with Crippen LogP contribution in [0.3, 0.4) is 0 Å². The number of aromatic nitrogens is 2. The van der Waals surface area contributed by atoms with Crippen LogP contribution in [0.25, 0.3) is 5.65 Å². The lowest BCUT2D eigenvalue weighted by atomic mass is 9.97. The second kappa shape index (κ2) is 10.8. The van der Waals surface area contributed by atoms with E-state index in [1.807, 2.05) is 0 Å². The Bertz CT molecular complexity index is 1340. The van der Waals surface area contributed by atoms with Crippen molar-refractivity contribution in [2.45, 2.75) is 71.1 Å². The van der Waals surface area contributed by atoms with Crippen molar-refractivity contribution in [2.75, 3.05) is 6.54 Å². The summed E-state index contributed by atoms with van der Waals surface area (Å²) >= 11 is 6.30. The van der Waals surface area contributed by atoms with E-state index < -0.39 is 34.8 Å². The molecule has 2 heterocycles. The number of alkyl carbamates (subject to hydrolysis) is 1. The molecule has 204 valence electrons. The molecule has 8 nitrogen and oxygen atoms in total. The highest BCUT2D eigenvalue weighted by molar-refractivity contribution is 6.30. The van der Waals surface area contributed by atoms with E-state index in [1.54, 1.807) is 27.7 Å². The van der Waals surface area contributed by atoms with E-state index in [0.717, 1.165) is 25.0 Å². The van der Waals surface area contributed by atoms with Gasteiger partial charge in [0.1, 0.15) is 29.5 Å². The summed E-state index contributed by atoms with van der Waals surface area (Å²) in [6.07, 6.45) is 4.23. The average molecular weight is 549 g/mol. The zero-order valence-electron chi connectivity index (χ0n) is 21.8. The molecule has 0 aliphatic heterocycles. The molecule has 11 heteroatoms.